The van der Waals surface area contributed by atoms with Crippen molar-refractivity contribution >= 4 is 11.8 Å². The largest absolute Gasteiger partial charge is 0.461 e. The number of aliphatic hydroxyl groups excluding tert-OH is 1. The fourth-order valence-electron chi connectivity index (χ4n) is 1.27. The van der Waals surface area contributed by atoms with Gasteiger partial charge in [-0.05, 0) is 13.0 Å². The van der Waals surface area contributed by atoms with E-state index >= 15 is 0 Å². The van der Waals surface area contributed by atoms with Crippen molar-refractivity contribution in [2.45, 2.75) is 26.4 Å². The summed E-state index contributed by atoms with van der Waals surface area (Å²) in [6, 6.07) is 1.43. The molecule has 0 aliphatic carbocycles. The van der Waals surface area contributed by atoms with Gasteiger partial charge < -0.3 is 14.8 Å². The molecule has 0 aliphatic heterocycles. The van der Waals surface area contributed by atoms with Gasteiger partial charge in [-0.15, -0.1) is 0 Å². The SMILES string of the molecule is CCOC(=O)c1cc(C(O)C(=O)CC)c[nH]1. The first-order valence-electron chi connectivity index (χ1n) is 5.16. The van der Waals surface area contributed by atoms with E-state index in [1.165, 1.54) is 12.3 Å². The van der Waals surface area contributed by atoms with Crippen LogP contribution in [0.1, 0.15) is 42.4 Å². The van der Waals surface area contributed by atoms with Gasteiger partial charge in [0, 0.05) is 18.2 Å². The van der Waals surface area contributed by atoms with E-state index in [1.807, 2.05) is 0 Å². The highest BCUT2D eigenvalue weighted by Gasteiger charge is 2.18. The molecule has 0 aromatic carbocycles. The zero-order valence-electron chi connectivity index (χ0n) is 9.32. The Hall–Kier alpha value is -1.62. The second-order valence-corrected chi connectivity index (χ2v) is 3.29. The molecule has 1 aromatic heterocycles. The maximum absolute atomic E-state index is 11.3. The Kier molecular flexibility index (Phi) is 4.25. The summed E-state index contributed by atoms with van der Waals surface area (Å²) >= 11 is 0. The Labute approximate surface area is 93.4 Å². The first kappa shape index (κ1) is 12.4. The number of aromatic amines is 1. The number of ether oxygens (including phenoxy) is 1. The number of ketones is 1. The molecule has 5 heteroatoms. The highest BCUT2D eigenvalue weighted by atomic mass is 16.5. The van der Waals surface area contributed by atoms with E-state index in [1.54, 1.807) is 13.8 Å². The summed E-state index contributed by atoms with van der Waals surface area (Å²) in [7, 11) is 0. The standard InChI is InChI=1S/C11H15NO4/c1-3-9(13)10(14)7-5-8(12-6-7)11(15)16-4-2/h5-6,10,12,14H,3-4H2,1-2H3. The average Bonchev–Trinajstić information content (AvgIpc) is 2.76. The zero-order chi connectivity index (χ0) is 12.1. The van der Waals surface area contributed by atoms with E-state index in [2.05, 4.69) is 4.98 Å². The van der Waals surface area contributed by atoms with Crippen molar-refractivity contribution in [3.63, 3.8) is 0 Å². The summed E-state index contributed by atoms with van der Waals surface area (Å²) in [5, 5.41) is 9.59. The second kappa shape index (κ2) is 5.46. The van der Waals surface area contributed by atoms with Crippen LogP contribution in [-0.2, 0) is 9.53 Å². The number of carbonyl (C=O) groups is 2. The molecular formula is C11H15NO4. The van der Waals surface area contributed by atoms with Crippen LogP contribution in [0.15, 0.2) is 12.3 Å². The average molecular weight is 225 g/mol. The topological polar surface area (TPSA) is 79.4 Å². The van der Waals surface area contributed by atoms with Crippen molar-refractivity contribution in [3.8, 4) is 0 Å². The Morgan fingerprint density at radius 3 is 2.75 bits per heavy atom. The number of carbonyl (C=O) groups excluding carboxylic acids is 2. The molecule has 0 saturated heterocycles. The summed E-state index contributed by atoms with van der Waals surface area (Å²) in [5.41, 5.74) is 0.620. The van der Waals surface area contributed by atoms with Crippen molar-refractivity contribution in [1.82, 2.24) is 4.98 Å². The Morgan fingerprint density at radius 1 is 1.50 bits per heavy atom. The van der Waals surface area contributed by atoms with Crippen molar-refractivity contribution < 1.29 is 19.4 Å². The summed E-state index contributed by atoms with van der Waals surface area (Å²) < 4.78 is 4.77. The molecule has 0 amide bonds. The molecule has 1 rings (SSSR count). The van der Waals surface area contributed by atoms with E-state index in [9.17, 15) is 14.7 Å². The molecule has 1 aromatic rings. The maximum Gasteiger partial charge on any atom is 0.354 e. The molecule has 0 radical (unpaired) electrons. The lowest BCUT2D eigenvalue weighted by atomic mass is 10.1. The maximum atomic E-state index is 11.3. The van der Waals surface area contributed by atoms with Crippen LogP contribution < -0.4 is 0 Å². The Morgan fingerprint density at radius 2 is 2.19 bits per heavy atom. The summed E-state index contributed by atoms with van der Waals surface area (Å²) in [6.45, 7) is 3.66. The third kappa shape index (κ3) is 2.70. The molecule has 1 atom stereocenters. The van der Waals surface area contributed by atoms with E-state index in [4.69, 9.17) is 4.74 Å². The van der Waals surface area contributed by atoms with Crippen LogP contribution in [0, 0.1) is 0 Å². The summed E-state index contributed by atoms with van der Waals surface area (Å²) in [4.78, 5) is 25.2. The van der Waals surface area contributed by atoms with Crippen molar-refractivity contribution in [3.05, 3.63) is 23.5 Å². The molecule has 1 unspecified atom stereocenters. The van der Waals surface area contributed by atoms with Crippen LogP contribution in [0.2, 0.25) is 0 Å². The quantitative estimate of drug-likeness (QED) is 0.738. The smallest absolute Gasteiger partial charge is 0.354 e. The molecule has 1 heterocycles. The summed E-state index contributed by atoms with van der Waals surface area (Å²) in [5.74, 6) is -0.778. The Balaban J connectivity index is 2.78. The van der Waals surface area contributed by atoms with Crippen LogP contribution >= 0.6 is 0 Å². The predicted octanol–water partition coefficient (Wildman–Crippen LogP) is 1.20. The number of rotatable bonds is 5. The fourth-order valence-corrected chi connectivity index (χ4v) is 1.27. The van der Waals surface area contributed by atoms with Gasteiger partial charge in [-0.25, -0.2) is 4.79 Å². The number of nitrogens with one attached hydrogen (secondary N) is 1. The minimum atomic E-state index is -1.18. The van der Waals surface area contributed by atoms with Crippen LogP contribution in [0.4, 0.5) is 0 Å². The number of H-pyrrole nitrogens is 1. The van der Waals surface area contributed by atoms with Gasteiger partial charge >= 0.3 is 5.97 Å². The molecule has 0 spiro atoms. The highest BCUT2D eigenvalue weighted by molar-refractivity contribution is 5.89. The first-order chi connectivity index (χ1) is 7.60. The van der Waals surface area contributed by atoms with Gasteiger partial charge in [-0.2, -0.15) is 0 Å². The van der Waals surface area contributed by atoms with Gasteiger partial charge in [0.15, 0.2) is 5.78 Å². The lowest BCUT2D eigenvalue weighted by molar-refractivity contribution is -0.127. The normalized spacial score (nSPS) is 12.2. The van der Waals surface area contributed by atoms with E-state index < -0.39 is 12.1 Å². The van der Waals surface area contributed by atoms with Crippen LogP contribution in [0.5, 0.6) is 0 Å². The number of hydrogen-bond acceptors (Lipinski definition) is 4. The molecule has 88 valence electrons. The van der Waals surface area contributed by atoms with Crippen LogP contribution in [0.25, 0.3) is 0 Å². The predicted molar refractivity (Wildman–Crippen MR) is 57.0 cm³/mol. The van der Waals surface area contributed by atoms with Crippen LogP contribution in [-0.4, -0.2) is 28.4 Å². The van der Waals surface area contributed by atoms with Crippen molar-refractivity contribution in [1.29, 1.82) is 0 Å². The second-order valence-electron chi connectivity index (χ2n) is 3.29. The van der Waals surface area contributed by atoms with Crippen molar-refractivity contribution in [2.24, 2.45) is 0 Å². The monoisotopic (exact) mass is 225 g/mol. The van der Waals surface area contributed by atoms with E-state index in [-0.39, 0.29) is 24.5 Å². The lowest BCUT2D eigenvalue weighted by Gasteiger charge is -2.04. The highest BCUT2D eigenvalue weighted by Crippen LogP contribution is 2.16. The van der Waals surface area contributed by atoms with Gasteiger partial charge in [-0.3, -0.25) is 4.79 Å². The molecule has 0 aliphatic rings. The number of hydrogen-bond donors (Lipinski definition) is 2. The van der Waals surface area contributed by atoms with Crippen LogP contribution in [0.3, 0.4) is 0 Å². The molecule has 5 nitrogen and oxygen atoms in total. The number of aliphatic hydroxyl groups is 1. The third-order valence-corrected chi connectivity index (χ3v) is 2.17. The molecule has 16 heavy (non-hydrogen) atoms. The van der Waals surface area contributed by atoms with Gasteiger partial charge in [0.2, 0.25) is 0 Å². The zero-order valence-corrected chi connectivity index (χ0v) is 9.32. The molecule has 0 saturated carbocycles. The van der Waals surface area contributed by atoms with E-state index in [0.717, 1.165) is 0 Å². The molecule has 0 fully saturated rings. The number of esters is 1. The lowest BCUT2D eigenvalue weighted by Crippen LogP contribution is -2.09. The third-order valence-electron chi connectivity index (χ3n) is 2.17. The molecule has 0 bridgehead atoms. The van der Waals surface area contributed by atoms with Crippen molar-refractivity contribution in [2.75, 3.05) is 6.61 Å². The summed E-state index contributed by atoms with van der Waals surface area (Å²) in [6.07, 6.45) is 0.510. The minimum Gasteiger partial charge on any atom is -0.461 e. The molecule has 2 N–H and O–H groups in total. The minimum absolute atomic E-state index is 0.236. The number of Topliss-reactive ketones (excluding diaryl/α,β-unsaturated/α-hetero) is 1. The Bertz CT molecular complexity index is 383. The van der Waals surface area contributed by atoms with Gasteiger partial charge in [0.25, 0.3) is 0 Å². The first-order valence-corrected chi connectivity index (χ1v) is 5.16. The van der Waals surface area contributed by atoms with Gasteiger partial charge in [-0.1, -0.05) is 6.92 Å². The van der Waals surface area contributed by atoms with Gasteiger partial charge in [0.05, 0.1) is 6.61 Å². The van der Waals surface area contributed by atoms with Gasteiger partial charge in [0.1, 0.15) is 11.8 Å². The fraction of sp³-hybridized carbons (Fsp3) is 0.455. The molecular weight excluding hydrogens is 210 g/mol. The van der Waals surface area contributed by atoms with E-state index in [0.29, 0.717) is 5.56 Å². The number of aromatic nitrogens is 1.